The Bertz CT molecular complexity index is 1150. The number of nitrogens with one attached hydrogen (secondary N) is 1. The average molecular weight is 337 g/mol. The van der Waals surface area contributed by atoms with Crippen molar-refractivity contribution in [2.75, 3.05) is 6.61 Å². The fraction of sp³-hybridized carbons (Fsp3) is 0.111. The van der Waals surface area contributed by atoms with Crippen molar-refractivity contribution in [1.29, 1.82) is 0 Å². The lowest BCUT2D eigenvalue weighted by Gasteiger charge is -2.08. The largest absolute Gasteiger partial charge is 0.494 e. The van der Waals surface area contributed by atoms with E-state index in [1.165, 1.54) is 4.57 Å². The van der Waals surface area contributed by atoms with Gasteiger partial charge in [-0.2, -0.15) is 0 Å². The number of H-pyrrole nitrogens is 1. The molecule has 25 heavy (non-hydrogen) atoms. The fourth-order valence-electron chi connectivity index (χ4n) is 2.96. The number of aromatic hydroxyl groups is 1. The molecule has 0 saturated carbocycles. The zero-order valence-corrected chi connectivity index (χ0v) is 13.4. The van der Waals surface area contributed by atoms with E-state index in [2.05, 4.69) is 4.98 Å². The predicted molar refractivity (Wildman–Crippen MR) is 93.5 cm³/mol. The van der Waals surface area contributed by atoms with Gasteiger partial charge in [-0.3, -0.25) is 4.79 Å². The Morgan fingerprint density at radius 3 is 2.48 bits per heavy atom. The Morgan fingerprint density at radius 1 is 1.04 bits per heavy atom. The van der Waals surface area contributed by atoms with Gasteiger partial charge in [0.1, 0.15) is 5.75 Å². The Balaban J connectivity index is 2.04. The van der Waals surface area contributed by atoms with Crippen LogP contribution in [0.3, 0.4) is 0 Å². The number of aromatic amines is 1. The highest BCUT2D eigenvalue weighted by atomic mass is 16.5. The van der Waals surface area contributed by atoms with E-state index in [1.54, 1.807) is 48.5 Å². The summed E-state index contributed by atoms with van der Waals surface area (Å²) in [5, 5.41) is 10.2. The third kappa shape index (κ3) is 2.20. The van der Waals surface area contributed by atoms with Crippen molar-refractivity contribution in [2.45, 2.75) is 6.92 Å². The number of benzene rings is 2. The third-order valence-corrected chi connectivity index (χ3v) is 4.04. The number of para-hydroxylation sites is 2. The summed E-state index contributed by atoms with van der Waals surface area (Å²) in [5.41, 5.74) is 0.266. The van der Waals surface area contributed by atoms with Crippen LogP contribution in [-0.2, 0) is 0 Å². The molecule has 4 rings (SSSR count). The van der Waals surface area contributed by atoms with Crippen molar-refractivity contribution < 1.29 is 9.84 Å². The summed E-state index contributed by atoms with van der Waals surface area (Å²) >= 11 is 0. The molecule has 0 radical (unpaired) electrons. The molecule has 0 atom stereocenters. The lowest BCUT2D eigenvalue weighted by atomic mass is 10.3. The molecular formula is C18H15N3O4. The molecule has 2 aliphatic heterocycles. The smallest absolute Gasteiger partial charge is 0.341 e. The first-order chi connectivity index (χ1) is 12.1. The molecule has 0 bridgehead atoms. The van der Waals surface area contributed by atoms with Crippen LogP contribution in [0, 0.1) is 0 Å². The zero-order chi connectivity index (χ0) is 17.6. The highest BCUT2D eigenvalue weighted by Crippen LogP contribution is 2.23. The van der Waals surface area contributed by atoms with Gasteiger partial charge >= 0.3 is 5.69 Å². The Hall–Kier alpha value is -3.48. The summed E-state index contributed by atoms with van der Waals surface area (Å²) in [6, 6.07) is 13.6. The van der Waals surface area contributed by atoms with E-state index in [-0.39, 0.29) is 11.6 Å². The summed E-state index contributed by atoms with van der Waals surface area (Å²) in [6.07, 6.45) is 0. The van der Waals surface area contributed by atoms with Gasteiger partial charge in [0.25, 0.3) is 5.56 Å². The molecule has 0 unspecified atom stereocenters. The van der Waals surface area contributed by atoms with Crippen LogP contribution in [0.1, 0.15) is 6.92 Å². The molecule has 0 fully saturated rings. The molecule has 7 heteroatoms. The first kappa shape index (κ1) is 15.1. The SMILES string of the molecule is CCOc1ccc(-n2c(=O)c3c(O)[nH]c4ccccc4n-3c2=O)cc1. The summed E-state index contributed by atoms with van der Waals surface area (Å²) in [6.45, 7) is 2.40. The number of hydrogen-bond acceptors (Lipinski definition) is 4. The van der Waals surface area contributed by atoms with Crippen molar-refractivity contribution >= 4 is 11.0 Å². The lowest BCUT2D eigenvalue weighted by Crippen LogP contribution is -2.25. The molecule has 7 nitrogen and oxygen atoms in total. The van der Waals surface area contributed by atoms with Gasteiger partial charge in [-0.1, -0.05) is 12.1 Å². The van der Waals surface area contributed by atoms with Crippen LogP contribution < -0.4 is 16.0 Å². The second-order valence-electron chi connectivity index (χ2n) is 5.52. The number of ether oxygens (including phenoxy) is 1. The van der Waals surface area contributed by atoms with Gasteiger partial charge in [-0.05, 0) is 43.3 Å². The Labute approximate surface area is 141 Å². The molecule has 0 aromatic heterocycles. The van der Waals surface area contributed by atoms with Crippen LogP contribution >= 0.6 is 0 Å². The van der Waals surface area contributed by atoms with Gasteiger partial charge in [-0.15, -0.1) is 0 Å². The number of hydrogen-bond donors (Lipinski definition) is 2. The van der Waals surface area contributed by atoms with Crippen LogP contribution in [0.15, 0.2) is 58.1 Å². The van der Waals surface area contributed by atoms with E-state index >= 15 is 0 Å². The highest BCUT2D eigenvalue weighted by molar-refractivity contribution is 5.79. The first-order valence-corrected chi connectivity index (χ1v) is 7.82. The molecule has 0 aliphatic carbocycles. The van der Waals surface area contributed by atoms with Gasteiger partial charge in [0.15, 0.2) is 5.69 Å². The lowest BCUT2D eigenvalue weighted by molar-refractivity contribution is 0.340. The maximum Gasteiger partial charge on any atom is 0.341 e. The van der Waals surface area contributed by atoms with Crippen molar-refractivity contribution in [3.8, 4) is 23.0 Å². The second kappa shape index (κ2) is 5.55. The molecule has 2 heterocycles. The summed E-state index contributed by atoms with van der Waals surface area (Å²) in [5.74, 6) is 0.308. The molecule has 0 saturated heterocycles. The standard InChI is InChI=1S/C18H15N3O4/c1-2-25-12-9-7-11(8-10-12)20-17(23)15-16(22)19-13-5-3-4-6-14(13)21(15)18(20)24/h3-10,19,22H,2H2,1H3. The molecule has 0 amide bonds. The van der Waals surface area contributed by atoms with Crippen molar-refractivity contribution in [1.82, 2.24) is 14.1 Å². The minimum atomic E-state index is -0.589. The van der Waals surface area contributed by atoms with Crippen LogP contribution in [0.25, 0.3) is 22.4 Å². The topological polar surface area (TPSA) is 89.2 Å². The van der Waals surface area contributed by atoms with Crippen molar-refractivity contribution in [3.63, 3.8) is 0 Å². The summed E-state index contributed by atoms with van der Waals surface area (Å²) in [7, 11) is 0. The Kier molecular flexibility index (Phi) is 3.35. The van der Waals surface area contributed by atoms with Crippen molar-refractivity contribution in [3.05, 3.63) is 69.4 Å². The average Bonchev–Trinajstić information content (AvgIpc) is 2.88. The number of rotatable bonds is 3. The van der Waals surface area contributed by atoms with Crippen LogP contribution in [0.2, 0.25) is 0 Å². The maximum absolute atomic E-state index is 12.9. The van der Waals surface area contributed by atoms with Gasteiger partial charge in [0.05, 0.1) is 23.3 Å². The quantitative estimate of drug-likeness (QED) is 0.598. The third-order valence-electron chi connectivity index (χ3n) is 4.04. The van der Waals surface area contributed by atoms with E-state index in [9.17, 15) is 14.7 Å². The second-order valence-corrected chi connectivity index (χ2v) is 5.52. The summed E-state index contributed by atoms with van der Waals surface area (Å²) < 4.78 is 7.63. The number of imidazole rings is 1. The number of aromatic nitrogens is 3. The first-order valence-electron chi connectivity index (χ1n) is 7.82. The highest BCUT2D eigenvalue weighted by Gasteiger charge is 2.24. The Morgan fingerprint density at radius 2 is 1.76 bits per heavy atom. The minimum absolute atomic E-state index is 0.0856. The van der Waals surface area contributed by atoms with Crippen LogP contribution in [0.4, 0.5) is 0 Å². The van der Waals surface area contributed by atoms with Crippen molar-refractivity contribution in [2.24, 2.45) is 0 Å². The monoisotopic (exact) mass is 337 g/mol. The molecule has 2 N–H and O–H groups in total. The van der Waals surface area contributed by atoms with E-state index in [0.29, 0.717) is 29.1 Å². The fourth-order valence-corrected chi connectivity index (χ4v) is 2.96. The molecule has 2 aromatic rings. The predicted octanol–water partition coefficient (Wildman–Crippen LogP) is 2.01. The van der Waals surface area contributed by atoms with E-state index in [0.717, 1.165) is 4.57 Å². The zero-order valence-electron chi connectivity index (χ0n) is 13.4. The number of nitrogens with zero attached hydrogens (tertiary/aromatic N) is 2. The minimum Gasteiger partial charge on any atom is -0.494 e. The maximum atomic E-state index is 12.9. The molecule has 126 valence electrons. The van der Waals surface area contributed by atoms with E-state index < -0.39 is 11.2 Å². The molecule has 2 aromatic carbocycles. The van der Waals surface area contributed by atoms with Gasteiger partial charge in [-0.25, -0.2) is 13.9 Å². The molecular weight excluding hydrogens is 322 g/mol. The normalized spacial score (nSPS) is 11.2. The van der Waals surface area contributed by atoms with E-state index in [1.807, 2.05) is 6.92 Å². The molecule has 0 spiro atoms. The van der Waals surface area contributed by atoms with Gasteiger partial charge in [0, 0.05) is 0 Å². The molecule has 2 aliphatic rings. The van der Waals surface area contributed by atoms with Crippen LogP contribution in [0.5, 0.6) is 11.6 Å². The van der Waals surface area contributed by atoms with Gasteiger partial charge in [0.2, 0.25) is 5.88 Å². The summed E-state index contributed by atoms with van der Waals surface area (Å²) in [4.78, 5) is 28.4. The van der Waals surface area contributed by atoms with Gasteiger partial charge < -0.3 is 14.8 Å². The number of fused-ring (bicyclic) bond motifs is 3. The van der Waals surface area contributed by atoms with Crippen LogP contribution in [-0.4, -0.2) is 25.8 Å². The van der Waals surface area contributed by atoms with E-state index in [4.69, 9.17) is 4.74 Å².